The van der Waals surface area contributed by atoms with Crippen molar-refractivity contribution in [3.8, 4) is 5.75 Å². The number of rotatable bonds is 17. The fourth-order valence-corrected chi connectivity index (χ4v) is 3.25. The molecule has 0 bridgehead atoms. The molecule has 39 heavy (non-hydrogen) atoms. The van der Waals surface area contributed by atoms with Gasteiger partial charge in [0.15, 0.2) is 0 Å². The maximum absolute atomic E-state index is 14.1. The first-order valence-corrected chi connectivity index (χ1v) is 11.7. The minimum Gasteiger partial charge on any atom is -0.454 e. The molecule has 1 aromatic rings. The Labute approximate surface area is 214 Å². The quantitative estimate of drug-likeness (QED) is 0.131. The molecule has 0 aliphatic heterocycles. The summed E-state index contributed by atoms with van der Waals surface area (Å²) in [6.45, 7) is 2.04. The summed E-state index contributed by atoms with van der Waals surface area (Å²) in [7, 11) is 0. The van der Waals surface area contributed by atoms with Gasteiger partial charge in [-0.25, -0.2) is 4.74 Å². The summed E-state index contributed by atoms with van der Waals surface area (Å²) in [5, 5.41) is 0. The Hall–Kier alpha value is -2.00. The van der Waals surface area contributed by atoms with Gasteiger partial charge in [0.05, 0.1) is 0 Å². The third kappa shape index (κ3) is 8.26. The van der Waals surface area contributed by atoms with Gasteiger partial charge in [-0.3, -0.25) is 0 Å². The van der Waals surface area contributed by atoms with Crippen LogP contribution in [0.1, 0.15) is 63.9 Å². The molecule has 2 nitrogen and oxygen atoms in total. The first-order valence-electron chi connectivity index (χ1n) is 11.7. The Morgan fingerprint density at radius 1 is 0.641 bits per heavy atom. The average molecular weight is 600 g/mol. The molecule has 0 radical (unpaired) electrons. The number of unbranched alkanes of at least 4 members (excludes halogenated alkanes) is 7. The fraction of sp³-hybridized carbons (Fsp3) is 0.739. The zero-order valence-corrected chi connectivity index (χ0v) is 20.4. The van der Waals surface area contributed by atoms with Gasteiger partial charge in [-0.2, -0.15) is 61.5 Å². The molecule has 0 amide bonds. The van der Waals surface area contributed by atoms with Gasteiger partial charge in [-0.1, -0.05) is 70.1 Å². The lowest BCUT2D eigenvalue weighted by Crippen LogP contribution is -2.65. The van der Waals surface area contributed by atoms with Crippen LogP contribution in [0.4, 0.5) is 61.5 Å². The molecule has 0 aliphatic carbocycles. The minimum atomic E-state index is -7.80. The molecule has 1 aromatic carbocycles. The first-order chi connectivity index (χ1) is 17.7. The zero-order valence-electron chi connectivity index (χ0n) is 20.4. The standard InChI is InChI=1S/C23H26F14O2/c1-2-3-4-5-6-7-8-9-12-15-13-10-11-14-16(15)38-17(24)18(25,26)22(34,35)39-23(36,37)20(29,30)19(27,28)21(31,32)33/h10-11,13-14,17H,2-9,12H2,1H3. The van der Waals surface area contributed by atoms with E-state index in [1.165, 1.54) is 12.1 Å². The predicted octanol–water partition coefficient (Wildman–Crippen LogP) is 9.71. The van der Waals surface area contributed by atoms with Crippen molar-refractivity contribution in [3.63, 3.8) is 0 Å². The number of para-hydroxylation sites is 1. The van der Waals surface area contributed by atoms with Crippen LogP contribution in [0.15, 0.2) is 24.3 Å². The molecule has 0 aromatic heterocycles. The molecule has 1 atom stereocenters. The Morgan fingerprint density at radius 2 is 1.13 bits per heavy atom. The summed E-state index contributed by atoms with van der Waals surface area (Å²) >= 11 is 0. The third-order valence-electron chi connectivity index (χ3n) is 5.55. The first kappa shape index (κ1) is 35.0. The van der Waals surface area contributed by atoms with Crippen molar-refractivity contribution >= 4 is 0 Å². The minimum absolute atomic E-state index is 0.0212. The number of halogens is 14. The normalized spacial score (nSPS) is 14.9. The second kappa shape index (κ2) is 13.1. The van der Waals surface area contributed by atoms with E-state index >= 15 is 0 Å². The van der Waals surface area contributed by atoms with Crippen molar-refractivity contribution < 1.29 is 70.9 Å². The highest BCUT2D eigenvalue weighted by molar-refractivity contribution is 5.33. The zero-order chi connectivity index (χ0) is 30.3. The number of ether oxygens (including phenoxy) is 2. The van der Waals surface area contributed by atoms with Gasteiger partial charge >= 0.3 is 42.5 Å². The molecule has 0 heterocycles. The monoisotopic (exact) mass is 600 g/mol. The molecule has 228 valence electrons. The van der Waals surface area contributed by atoms with Crippen LogP contribution in [-0.4, -0.2) is 42.5 Å². The van der Waals surface area contributed by atoms with Crippen LogP contribution in [-0.2, 0) is 11.2 Å². The summed E-state index contributed by atoms with van der Waals surface area (Å²) in [5.41, 5.74) is 0.0212. The van der Waals surface area contributed by atoms with Crippen molar-refractivity contribution in [1.82, 2.24) is 0 Å². The van der Waals surface area contributed by atoms with Crippen LogP contribution < -0.4 is 4.74 Å². The third-order valence-corrected chi connectivity index (χ3v) is 5.55. The van der Waals surface area contributed by atoms with Gasteiger partial charge in [0.2, 0.25) is 0 Å². The van der Waals surface area contributed by atoms with E-state index in [0.717, 1.165) is 50.7 Å². The van der Waals surface area contributed by atoms with Gasteiger partial charge in [-0.05, 0) is 24.5 Å². The molecule has 1 unspecified atom stereocenters. The molecular weight excluding hydrogens is 574 g/mol. The maximum atomic E-state index is 14.1. The average Bonchev–Trinajstić information content (AvgIpc) is 2.80. The number of aryl methyl sites for hydroxylation is 1. The van der Waals surface area contributed by atoms with E-state index in [4.69, 9.17) is 0 Å². The van der Waals surface area contributed by atoms with E-state index in [1.807, 2.05) is 6.92 Å². The molecular formula is C23H26F14O2. The number of hydrogen-bond donors (Lipinski definition) is 0. The lowest BCUT2D eigenvalue weighted by Gasteiger charge is -2.36. The van der Waals surface area contributed by atoms with Crippen molar-refractivity contribution in [2.24, 2.45) is 0 Å². The van der Waals surface area contributed by atoms with Crippen molar-refractivity contribution in [1.29, 1.82) is 0 Å². The Morgan fingerprint density at radius 3 is 1.64 bits per heavy atom. The number of hydrogen-bond acceptors (Lipinski definition) is 2. The van der Waals surface area contributed by atoms with Gasteiger partial charge in [0.1, 0.15) is 5.75 Å². The smallest absolute Gasteiger partial charge is 0.454 e. The van der Waals surface area contributed by atoms with Gasteiger partial charge in [-0.15, -0.1) is 0 Å². The summed E-state index contributed by atoms with van der Waals surface area (Å²) < 4.78 is 190. The molecule has 0 fully saturated rings. The fourth-order valence-electron chi connectivity index (χ4n) is 3.25. The van der Waals surface area contributed by atoms with Crippen LogP contribution in [0.2, 0.25) is 0 Å². The lowest BCUT2D eigenvalue weighted by atomic mass is 10.0. The van der Waals surface area contributed by atoms with Crippen molar-refractivity contribution in [2.45, 2.75) is 107 Å². The predicted molar refractivity (Wildman–Crippen MR) is 110 cm³/mol. The highest BCUT2D eigenvalue weighted by Gasteiger charge is 2.85. The van der Waals surface area contributed by atoms with Crippen molar-refractivity contribution in [2.75, 3.05) is 0 Å². The molecule has 1 rings (SSSR count). The highest BCUT2D eigenvalue weighted by Crippen LogP contribution is 2.56. The van der Waals surface area contributed by atoms with Crippen LogP contribution in [0.5, 0.6) is 5.75 Å². The Balaban J connectivity index is 2.96. The summed E-state index contributed by atoms with van der Waals surface area (Å²) in [5.74, 6) is -22.8. The van der Waals surface area contributed by atoms with E-state index in [-0.39, 0.29) is 12.0 Å². The van der Waals surface area contributed by atoms with E-state index in [2.05, 4.69) is 4.74 Å². The number of benzene rings is 1. The van der Waals surface area contributed by atoms with Gasteiger partial charge in [0.25, 0.3) is 0 Å². The topological polar surface area (TPSA) is 18.5 Å². The lowest BCUT2D eigenvalue weighted by molar-refractivity contribution is -0.508. The summed E-state index contributed by atoms with van der Waals surface area (Å²) in [4.78, 5) is 0. The molecule has 0 N–H and O–H groups in total. The van der Waals surface area contributed by atoms with E-state index in [9.17, 15) is 61.5 Å². The molecule has 0 saturated heterocycles. The van der Waals surface area contributed by atoms with Crippen LogP contribution in [0.3, 0.4) is 0 Å². The van der Waals surface area contributed by atoms with Gasteiger partial charge in [0, 0.05) is 0 Å². The SMILES string of the molecule is CCCCCCCCCCc1ccccc1OC(F)C(F)(F)C(F)(F)OC(F)(F)C(F)(F)C(F)(F)C(F)(F)F. The molecule has 16 heteroatoms. The van der Waals surface area contributed by atoms with Crippen LogP contribution >= 0.6 is 0 Å². The van der Waals surface area contributed by atoms with E-state index < -0.39 is 48.3 Å². The Kier molecular flexibility index (Phi) is 11.8. The highest BCUT2D eigenvalue weighted by atomic mass is 19.4. The second-order valence-corrected chi connectivity index (χ2v) is 8.67. The van der Waals surface area contributed by atoms with E-state index in [1.54, 1.807) is 4.74 Å². The molecule has 0 saturated carbocycles. The summed E-state index contributed by atoms with van der Waals surface area (Å²) in [6.07, 6.45) is -19.6. The molecule has 0 aliphatic rings. The van der Waals surface area contributed by atoms with E-state index in [0.29, 0.717) is 12.8 Å². The van der Waals surface area contributed by atoms with Crippen LogP contribution in [0, 0.1) is 0 Å². The van der Waals surface area contributed by atoms with Crippen molar-refractivity contribution in [3.05, 3.63) is 29.8 Å². The Bertz CT molecular complexity index is 886. The second-order valence-electron chi connectivity index (χ2n) is 8.67. The summed E-state index contributed by atoms with van der Waals surface area (Å²) in [6, 6.07) is 4.53. The van der Waals surface area contributed by atoms with Gasteiger partial charge < -0.3 is 4.74 Å². The van der Waals surface area contributed by atoms with Crippen LogP contribution in [0.25, 0.3) is 0 Å². The largest absolute Gasteiger partial charge is 0.460 e. The maximum Gasteiger partial charge on any atom is 0.460 e. The molecule has 0 spiro atoms. The number of alkyl halides is 14.